The van der Waals surface area contributed by atoms with Gasteiger partial charge in [-0.05, 0) is 24.6 Å². The van der Waals surface area contributed by atoms with E-state index in [1.165, 1.54) is 23.0 Å². The van der Waals surface area contributed by atoms with E-state index in [-0.39, 0.29) is 17.0 Å². The Bertz CT molecular complexity index is 826. The summed E-state index contributed by atoms with van der Waals surface area (Å²) in [6, 6.07) is 6.48. The quantitative estimate of drug-likeness (QED) is 0.777. The summed E-state index contributed by atoms with van der Waals surface area (Å²) in [6.45, 7) is 1.68. The lowest BCUT2D eigenvalue weighted by Gasteiger charge is -2.06. The Hall–Kier alpha value is -2.76. The number of aromatic nitrogens is 3. The van der Waals surface area contributed by atoms with Crippen LogP contribution < -0.4 is 0 Å². The first-order valence-corrected chi connectivity index (χ1v) is 5.90. The molecule has 0 unspecified atom stereocenters. The molecular weight excluding hydrogens is 261 g/mol. The Balaban J connectivity index is 2.26. The fourth-order valence-electron chi connectivity index (χ4n) is 2.01. The van der Waals surface area contributed by atoms with Gasteiger partial charge >= 0.3 is 5.97 Å². The van der Waals surface area contributed by atoms with Gasteiger partial charge in [-0.2, -0.15) is 5.10 Å². The lowest BCUT2D eigenvalue weighted by molar-refractivity contribution is 0.0699. The average Bonchev–Trinajstić information content (AvgIpc) is 2.86. The summed E-state index contributed by atoms with van der Waals surface area (Å²) in [6.07, 6.45) is 2.72. The Labute approximate surface area is 113 Å². The van der Waals surface area contributed by atoms with E-state index in [9.17, 15) is 9.18 Å². The molecule has 0 spiro atoms. The standard InChI is InChI=1S/C14H10FN3O2/c1-8-2-3-9(6-11(8)15)12-4-5-16-13-10(14(19)20)7-17-18(12)13/h2-7H,1H3,(H,19,20). The van der Waals surface area contributed by atoms with Crippen molar-refractivity contribution in [2.45, 2.75) is 6.92 Å². The van der Waals surface area contributed by atoms with E-state index in [0.29, 0.717) is 16.8 Å². The number of rotatable bonds is 2. The number of carboxylic acid groups (broad SMARTS) is 1. The molecule has 0 fully saturated rings. The second-order valence-electron chi connectivity index (χ2n) is 4.39. The molecule has 0 aliphatic rings. The Morgan fingerprint density at radius 1 is 1.35 bits per heavy atom. The third-order valence-electron chi connectivity index (χ3n) is 3.10. The number of carboxylic acids is 1. The maximum Gasteiger partial charge on any atom is 0.341 e. The third kappa shape index (κ3) is 1.82. The molecule has 100 valence electrons. The van der Waals surface area contributed by atoms with E-state index in [1.54, 1.807) is 25.1 Å². The minimum Gasteiger partial charge on any atom is -0.477 e. The zero-order chi connectivity index (χ0) is 14.3. The average molecular weight is 271 g/mol. The molecule has 6 heteroatoms. The van der Waals surface area contributed by atoms with E-state index < -0.39 is 5.97 Å². The summed E-state index contributed by atoms with van der Waals surface area (Å²) in [4.78, 5) is 15.1. The van der Waals surface area contributed by atoms with E-state index in [0.717, 1.165) is 0 Å². The van der Waals surface area contributed by atoms with Crippen molar-refractivity contribution in [1.29, 1.82) is 0 Å². The molecule has 3 aromatic rings. The highest BCUT2D eigenvalue weighted by Crippen LogP contribution is 2.23. The number of hydrogen-bond acceptors (Lipinski definition) is 3. The number of hydrogen-bond donors (Lipinski definition) is 1. The van der Waals surface area contributed by atoms with Gasteiger partial charge in [0.2, 0.25) is 0 Å². The van der Waals surface area contributed by atoms with Crippen molar-refractivity contribution in [2.24, 2.45) is 0 Å². The van der Waals surface area contributed by atoms with Crippen molar-refractivity contribution in [1.82, 2.24) is 14.6 Å². The van der Waals surface area contributed by atoms with Gasteiger partial charge < -0.3 is 5.11 Å². The molecule has 2 heterocycles. The topological polar surface area (TPSA) is 67.5 Å². The highest BCUT2D eigenvalue weighted by Gasteiger charge is 2.15. The maximum atomic E-state index is 13.7. The molecule has 0 saturated carbocycles. The van der Waals surface area contributed by atoms with E-state index in [4.69, 9.17) is 5.11 Å². The van der Waals surface area contributed by atoms with Crippen molar-refractivity contribution < 1.29 is 14.3 Å². The summed E-state index contributed by atoms with van der Waals surface area (Å²) in [5.41, 5.74) is 1.99. The van der Waals surface area contributed by atoms with Gasteiger partial charge in [-0.25, -0.2) is 18.7 Å². The van der Waals surface area contributed by atoms with Gasteiger partial charge in [0, 0.05) is 11.8 Å². The molecule has 20 heavy (non-hydrogen) atoms. The predicted molar refractivity (Wildman–Crippen MR) is 70.1 cm³/mol. The second-order valence-corrected chi connectivity index (χ2v) is 4.39. The smallest absolute Gasteiger partial charge is 0.341 e. The van der Waals surface area contributed by atoms with Crippen LogP contribution in [-0.2, 0) is 0 Å². The number of fused-ring (bicyclic) bond motifs is 1. The molecule has 0 atom stereocenters. The normalized spacial score (nSPS) is 10.9. The summed E-state index contributed by atoms with van der Waals surface area (Å²) < 4.78 is 15.1. The summed E-state index contributed by atoms with van der Waals surface area (Å²) in [5.74, 6) is -1.42. The van der Waals surface area contributed by atoms with Crippen LogP contribution in [0, 0.1) is 12.7 Å². The van der Waals surface area contributed by atoms with Crippen molar-refractivity contribution in [2.75, 3.05) is 0 Å². The van der Waals surface area contributed by atoms with Crippen LogP contribution in [-0.4, -0.2) is 25.7 Å². The molecular formula is C14H10FN3O2. The molecule has 1 aromatic carbocycles. The molecule has 1 N–H and O–H groups in total. The largest absolute Gasteiger partial charge is 0.477 e. The third-order valence-corrected chi connectivity index (χ3v) is 3.10. The number of carbonyl (C=O) groups is 1. The zero-order valence-electron chi connectivity index (χ0n) is 10.5. The van der Waals surface area contributed by atoms with Crippen LogP contribution in [0.25, 0.3) is 16.9 Å². The molecule has 2 aromatic heterocycles. The number of nitrogens with zero attached hydrogens (tertiary/aromatic N) is 3. The molecule has 0 aliphatic carbocycles. The maximum absolute atomic E-state index is 13.7. The summed E-state index contributed by atoms with van der Waals surface area (Å²) in [7, 11) is 0. The molecule has 0 bridgehead atoms. The molecule has 0 amide bonds. The van der Waals surface area contributed by atoms with Gasteiger partial charge in [-0.1, -0.05) is 12.1 Å². The summed E-state index contributed by atoms with van der Waals surface area (Å²) >= 11 is 0. The Kier molecular flexibility index (Phi) is 2.71. The molecule has 0 aliphatic heterocycles. The summed E-state index contributed by atoms with van der Waals surface area (Å²) in [5, 5.41) is 13.1. The highest BCUT2D eigenvalue weighted by molar-refractivity contribution is 5.94. The second kappa shape index (κ2) is 4.41. The van der Waals surface area contributed by atoms with Gasteiger partial charge in [-0.3, -0.25) is 0 Å². The van der Waals surface area contributed by atoms with Gasteiger partial charge in [0.25, 0.3) is 0 Å². The number of aryl methyl sites for hydroxylation is 1. The Morgan fingerprint density at radius 2 is 2.15 bits per heavy atom. The molecule has 0 radical (unpaired) electrons. The Morgan fingerprint density at radius 3 is 2.85 bits per heavy atom. The SMILES string of the molecule is Cc1ccc(-c2ccnc3c(C(=O)O)cnn23)cc1F. The lowest BCUT2D eigenvalue weighted by atomic mass is 10.1. The van der Waals surface area contributed by atoms with Gasteiger partial charge in [0.05, 0.1) is 11.9 Å². The first kappa shape index (κ1) is 12.3. The minimum atomic E-state index is -1.10. The van der Waals surface area contributed by atoms with Crippen LogP contribution in [0.15, 0.2) is 36.7 Å². The lowest BCUT2D eigenvalue weighted by Crippen LogP contribution is -2.00. The van der Waals surface area contributed by atoms with Crippen molar-refractivity contribution >= 4 is 11.6 Å². The van der Waals surface area contributed by atoms with E-state index in [1.807, 2.05) is 0 Å². The van der Waals surface area contributed by atoms with E-state index in [2.05, 4.69) is 10.1 Å². The molecule has 5 nitrogen and oxygen atoms in total. The van der Waals surface area contributed by atoms with Crippen LogP contribution in [0.2, 0.25) is 0 Å². The zero-order valence-corrected chi connectivity index (χ0v) is 10.5. The van der Waals surface area contributed by atoms with Crippen LogP contribution in [0.1, 0.15) is 15.9 Å². The van der Waals surface area contributed by atoms with Crippen LogP contribution in [0.3, 0.4) is 0 Å². The van der Waals surface area contributed by atoms with E-state index >= 15 is 0 Å². The van der Waals surface area contributed by atoms with Crippen LogP contribution >= 0.6 is 0 Å². The first-order chi connectivity index (χ1) is 9.58. The van der Waals surface area contributed by atoms with Crippen LogP contribution in [0.4, 0.5) is 4.39 Å². The van der Waals surface area contributed by atoms with Crippen molar-refractivity contribution in [3.63, 3.8) is 0 Å². The minimum absolute atomic E-state index is 0.0134. The monoisotopic (exact) mass is 271 g/mol. The van der Waals surface area contributed by atoms with Crippen LogP contribution in [0.5, 0.6) is 0 Å². The number of benzene rings is 1. The molecule has 3 rings (SSSR count). The fourth-order valence-corrected chi connectivity index (χ4v) is 2.01. The van der Waals surface area contributed by atoms with Crippen molar-refractivity contribution in [3.8, 4) is 11.3 Å². The predicted octanol–water partition coefficient (Wildman–Crippen LogP) is 2.54. The molecule has 0 saturated heterocycles. The van der Waals surface area contributed by atoms with Crippen molar-refractivity contribution in [3.05, 3.63) is 53.6 Å². The van der Waals surface area contributed by atoms with Gasteiger partial charge in [0.15, 0.2) is 5.65 Å². The number of aromatic carboxylic acids is 1. The fraction of sp³-hybridized carbons (Fsp3) is 0.0714. The first-order valence-electron chi connectivity index (χ1n) is 5.90. The number of halogens is 1. The van der Waals surface area contributed by atoms with Gasteiger partial charge in [-0.15, -0.1) is 0 Å². The highest BCUT2D eigenvalue weighted by atomic mass is 19.1. The van der Waals surface area contributed by atoms with Gasteiger partial charge in [0.1, 0.15) is 11.4 Å².